The molecule has 2 nitrogen and oxygen atoms in total. The zero-order valence-electron chi connectivity index (χ0n) is 32.8. The normalized spacial score (nSPS) is 13.3. The fourth-order valence-corrected chi connectivity index (χ4v) is 8.83. The molecule has 0 radical (unpaired) electrons. The Bertz CT molecular complexity index is 2690. The minimum Gasteiger partial charge on any atom is -0.310 e. The van der Waals surface area contributed by atoms with E-state index >= 15 is 0 Å². The van der Waals surface area contributed by atoms with Gasteiger partial charge in [-0.25, -0.2) is 0 Å². The van der Waals surface area contributed by atoms with E-state index in [2.05, 4.69) is 210 Å². The Morgan fingerprint density at radius 3 is 1.76 bits per heavy atom. The number of anilines is 3. The molecule has 2 heteroatoms. The van der Waals surface area contributed by atoms with E-state index in [9.17, 15) is 0 Å². The summed E-state index contributed by atoms with van der Waals surface area (Å²) in [6.45, 7) is 18.2. The van der Waals surface area contributed by atoms with Gasteiger partial charge in [-0.3, -0.25) is 0 Å². The summed E-state index contributed by atoms with van der Waals surface area (Å²) in [5.74, 6) is 0. The van der Waals surface area contributed by atoms with Crippen molar-refractivity contribution in [2.24, 2.45) is 0 Å². The van der Waals surface area contributed by atoms with Crippen LogP contribution in [0.25, 0.3) is 49.7 Å². The van der Waals surface area contributed by atoms with Crippen LogP contribution < -0.4 is 4.90 Å². The Balaban J connectivity index is 1.21. The highest BCUT2D eigenvalue weighted by Crippen LogP contribution is 2.52. The van der Waals surface area contributed by atoms with E-state index < -0.39 is 0 Å². The zero-order valence-corrected chi connectivity index (χ0v) is 32.8. The van der Waals surface area contributed by atoms with E-state index in [1.54, 1.807) is 0 Å². The third kappa shape index (κ3) is 5.47. The predicted octanol–water partition coefficient (Wildman–Crippen LogP) is 14.4. The first kappa shape index (κ1) is 33.9. The molecule has 8 aromatic rings. The minimum atomic E-state index is -0.0834. The van der Waals surface area contributed by atoms with E-state index in [1.165, 1.54) is 83.1 Å². The van der Waals surface area contributed by atoms with Crippen LogP contribution in [-0.2, 0) is 10.8 Å². The van der Waals surface area contributed by atoms with Gasteiger partial charge in [-0.05, 0) is 155 Å². The third-order valence-electron chi connectivity index (χ3n) is 11.8. The molecule has 1 aliphatic carbocycles. The molecule has 0 spiro atoms. The van der Waals surface area contributed by atoms with E-state index in [0.29, 0.717) is 0 Å². The summed E-state index contributed by atoms with van der Waals surface area (Å²) in [7, 11) is 0. The van der Waals surface area contributed by atoms with Gasteiger partial charge in [0.05, 0.1) is 11.0 Å². The van der Waals surface area contributed by atoms with Crippen molar-refractivity contribution < 1.29 is 0 Å². The molecule has 9 rings (SSSR count). The number of hydrogen-bond acceptors (Lipinski definition) is 1. The molecule has 0 saturated carbocycles. The smallest absolute Gasteiger partial charge is 0.0544 e. The first-order valence-corrected chi connectivity index (χ1v) is 19.3. The van der Waals surface area contributed by atoms with Crippen LogP contribution >= 0.6 is 0 Å². The molecule has 0 fully saturated rings. The monoisotopic (exact) mass is 700 g/mol. The third-order valence-corrected chi connectivity index (χ3v) is 11.8. The van der Waals surface area contributed by atoms with Crippen molar-refractivity contribution in [2.45, 2.75) is 66.2 Å². The molecule has 0 N–H and O–H groups in total. The molecule has 0 amide bonds. The Labute approximate surface area is 320 Å². The molecule has 0 bridgehead atoms. The van der Waals surface area contributed by atoms with Crippen LogP contribution in [0.2, 0.25) is 0 Å². The largest absolute Gasteiger partial charge is 0.310 e. The molecule has 0 unspecified atom stereocenters. The minimum absolute atomic E-state index is 0.0834. The van der Waals surface area contributed by atoms with Crippen molar-refractivity contribution in [3.63, 3.8) is 0 Å². The summed E-state index contributed by atoms with van der Waals surface area (Å²) in [5, 5.41) is 2.56. The molecule has 0 atom stereocenters. The van der Waals surface area contributed by atoms with Gasteiger partial charge in [-0.2, -0.15) is 0 Å². The maximum atomic E-state index is 2.49. The standard InChI is InChI=1S/C52H48N2/c1-33-12-9-15-41(28-33)53(42-16-10-13-34(2)29-42)39-23-18-36(19-24-39)37-20-27-48-43(30-37)44-31-45-47(52(7,8)46-17-11-14-35(3)50(45)46)32-49(44)54(48)40-25-21-38(22-26-40)51(4,5)6/h9-32H,1-8H3. The fraction of sp³-hybridized carbons (Fsp3) is 0.192. The number of aromatic nitrogens is 1. The van der Waals surface area contributed by atoms with Crippen LogP contribution in [-0.4, -0.2) is 4.57 Å². The molecule has 7 aromatic carbocycles. The van der Waals surface area contributed by atoms with Crippen LogP contribution in [0.3, 0.4) is 0 Å². The second-order valence-electron chi connectivity index (χ2n) is 17.0. The maximum absolute atomic E-state index is 2.49. The Kier molecular flexibility index (Phi) is 7.76. The summed E-state index contributed by atoms with van der Waals surface area (Å²) in [5.41, 5.74) is 20.3. The van der Waals surface area contributed by atoms with Gasteiger partial charge in [-0.1, -0.05) is 107 Å². The summed E-state index contributed by atoms with van der Waals surface area (Å²) < 4.78 is 2.48. The van der Waals surface area contributed by atoms with E-state index in [1.807, 2.05) is 0 Å². The van der Waals surface area contributed by atoms with Crippen molar-refractivity contribution in [3.05, 3.63) is 179 Å². The highest BCUT2D eigenvalue weighted by Gasteiger charge is 2.37. The molecular formula is C52H48N2. The second-order valence-corrected chi connectivity index (χ2v) is 17.0. The Hall–Kier alpha value is -5.86. The number of aryl methyl sites for hydroxylation is 3. The molecule has 54 heavy (non-hydrogen) atoms. The van der Waals surface area contributed by atoms with Gasteiger partial charge in [0.1, 0.15) is 0 Å². The summed E-state index contributed by atoms with van der Waals surface area (Å²) >= 11 is 0. The summed E-state index contributed by atoms with van der Waals surface area (Å²) in [6.07, 6.45) is 0. The van der Waals surface area contributed by atoms with Gasteiger partial charge in [0.2, 0.25) is 0 Å². The van der Waals surface area contributed by atoms with Crippen molar-refractivity contribution in [1.82, 2.24) is 4.57 Å². The van der Waals surface area contributed by atoms with Crippen molar-refractivity contribution in [3.8, 4) is 27.9 Å². The van der Waals surface area contributed by atoms with Gasteiger partial charge >= 0.3 is 0 Å². The topological polar surface area (TPSA) is 8.17 Å². The van der Waals surface area contributed by atoms with Crippen LogP contribution in [0.15, 0.2) is 146 Å². The zero-order chi connectivity index (χ0) is 37.5. The predicted molar refractivity (Wildman–Crippen MR) is 231 cm³/mol. The number of benzene rings is 7. The Morgan fingerprint density at radius 2 is 1.13 bits per heavy atom. The SMILES string of the molecule is Cc1cccc(N(c2ccc(-c3ccc4c(c3)c3cc5c(cc3n4-c3ccc(C(C)(C)C)cc3)C(C)(C)c3cccc(C)c3-5)cc2)c2cccc(C)c2)c1. The van der Waals surface area contributed by atoms with E-state index in [0.717, 1.165) is 17.1 Å². The van der Waals surface area contributed by atoms with Gasteiger partial charge in [0.25, 0.3) is 0 Å². The number of nitrogens with zero attached hydrogens (tertiary/aromatic N) is 2. The van der Waals surface area contributed by atoms with Gasteiger partial charge in [0.15, 0.2) is 0 Å². The molecule has 1 aliphatic rings. The highest BCUT2D eigenvalue weighted by molar-refractivity contribution is 6.13. The van der Waals surface area contributed by atoms with Crippen molar-refractivity contribution in [1.29, 1.82) is 0 Å². The fourth-order valence-electron chi connectivity index (χ4n) is 8.83. The van der Waals surface area contributed by atoms with Gasteiger partial charge < -0.3 is 9.47 Å². The first-order chi connectivity index (χ1) is 25.9. The molecular weight excluding hydrogens is 653 g/mol. The van der Waals surface area contributed by atoms with Gasteiger partial charge in [0, 0.05) is 38.9 Å². The second kappa shape index (κ2) is 12.4. The highest BCUT2D eigenvalue weighted by atomic mass is 15.1. The summed E-state index contributed by atoms with van der Waals surface area (Å²) in [6, 6.07) is 54.6. The van der Waals surface area contributed by atoms with Crippen molar-refractivity contribution in [2.75, 3.05) is 4.90 Å². The summed E-state index contributed by atoms with van der Waals surface area (Å²) in [4.78, 5) is 2.35. The van der Waals surface area contributed by atoms with Crippen LogP contribution in [0.1, 0.15) is 68.0 Å². The van der Waals surface area contributed by atoms with Crippen LogP contribution in [0.4, 0.5) is 17.1 Å². The van der Waals surface area contributed by atoms with Crippen LogP contribution in [0, 0.1) is 20.8 Å². The molecule has 1 heterocycles. The molecule has 266 valence electrons. The molecule has 0 aliphatic heterocycles. The average Bonchev–Trinajstić information content (AvgIpc) is 3.59. The Morgan fingerprint density at radius 1 is 0.519 bits per heavy atom. The lowest BCUT2D eigenvalue weighted by atomic mass is 9.82. The van der Waals surface area contributed by atoms with Crippen molar-refractivity contribution >= 4 is 38.9 Å². The number of fused-ring (bicyclic) bond motifs is 6. The van der Waals surface area contributed by atoms with E-state index in [-0.39, 0.29) is 10.8 Å². The van der Waals surface area contributed by atoms with E-state index in [4.69, 9.17) is 0 Å². The van der Waals surface area contributed by atoms with Gasteiger partial charge in [-0.15, -0.1) is 0 Å². The lowest BCUT2D eigenvalue weighted by Crippen LogP contribution is -2.15. The number of rotatable bonds is 5. The maximum Gasteiger partial charge on any atom is 0.0544 e. The van der Waals surface area contributed by atoms with Crippen LogP contribution in [0.5, 0.6) is 0 Å². The molecule has 0 saturated heterocycles. The number of hydrogen-bond donors (Lipinski definition) is 0. The lowest BCUT2D eigenvalue weighted by Gasteiger charge is -2.26. The first-order valence-electron chi connectivity index (χ1n) is 19.3. The molecule has 1 aromatic heterocycles. The quantitative estimate of drug-likeness (QED) is 0.173. The average molecular weight is 701 g/mol. The lowest BCUT2D eigenvalue weighted by molar-refractivity contribution is 0.590.